The third-order valence-corrected chi connectivity index (χ3v) is 4.75. The highest BCUT2D eigenvalue weighted by molar-refractivity contribution is 6.31. The molecule has 0 N–H and O–H groups in total. The van der Waals surface area contributed by atoms with E-state index in [4.69, 9.17) is 16.0 Å². The summed E-state index contributed by atoms with van der Waals surface area (Å²) in [5, 5.41) is 1.55. The van der Waals surface area contributed by atoms with Crippen molar-refractivity contribution in [1.82, 2.24) is 4.90 Å². The monoisotopic (exact) mass is 325 g/mol. The Morgan fingerprint density at radius 2 is 1.96 bits per heavy atom. The molecular formula is C19H16ClNO2. The first-order valence-corrected chi connectivity index (χ1v) is 8.06. The fourth-order valence-electron chi connectivity index (χ4n) is 3.21. The van der Waals surface area contributed by atoms with Gasteiger partial charge < -0.3 is 9.32 Å². The van der Waals surface area contributed by atoms with E-state index in [1.54, 1.807) is 6.07 Å². The maximum atomic E-state index is 12.9. The standard InChI is InChI=1S/C19H16ClNO2/c1-12-16-10-15(20)6-7-17(16)23-18(12)19(22)21-9-8-13-4-2-3-5-14(13)11-21/h2-7,10H,8-9,11H2,1H3. The number of rotatable bonds is 1. The van der Waals surface area contributed by atoms with Gasteiger partial charge in [-0.1, -0.05) is 35.9 Å². The number of carbonyl (C=O) groups excluding carboxylic acids is 1. The van der Waals surface area contributed by atoms with Crippen LogP contribution in [0.15, 0.2) is 46.9 Å². The van der Waals surface area contributed by atoms with Gasteiger partial charge in [-0.2, -0.15) is 0 Å². The third-order valence-electron chi connectivity index (χ3n) is 4.51. The minimum atomic E-state index is -0.0516. The Kier molecular flexibility index (Phi) is 3.38. The van der Waals surface area contributed by atoms with Crippen LogP contribution >= 0.6 is 11.6 Å². The van der Waals surface area contributed by atoms with Crippen LogP contribution in [0.5, 0.6) is 0 Å². The van der Waals surface area contributed by atoms with E-state index >= 15 is 0 Å². The number of amides is 1. The van der Waals surface area contributed by atoms with Crippen molar-refractivity contribution < 1.29 is 9.21 Å². The van der Waals surface area contributed by atoms with Gasteiger partial charge >= 0.3 is 0 Å². The molecule has 0 unspecified atom stereocenters. The third kappa shape index (κ3) is 2.41. The minimum Gasteiger partial charge on any atom is -0.451 e. The Hall–Kier alpha value is -2.26. The lowest BCUT2D eigenvalue weighted by atomic mass is 9.99. The van der Waals surface area contributed by atoms with Gasteiger partial charge in [-0.15, -0.1) is 0 Å². The number of fused-ring (bicyclic) bond motifs is 2. The van der Waals surface area contributed by atoms with Crippen molar-refractivity contribution in [2.75, 3.05) is 6.54 Å². The van der Waals surface area contributed by atoms with Crippen molar-refractivity contribution in [1.29, 1.82) is 0 Å². The Bertz CT molecular complexity index is 913. The lowest BCUT2D eigenvalue weighted by Crippen LogP contribution is -2.36. The summed E-state index contributed by atoms with van der Waals surface area (Å²) in [4.78, 5) is 14.7. The smallest absolute Gasteiger partial charge is 0.290 e. The van der Waals surface area contributed by atoms with Gasteiger partial charge in [-0.25, -0.2) is 0 Å². The van der Waals surface area contributed by atoms with Crippen LogP contribution in [-0.2, 0) is 13.0 Å². The molecule has 0 fully saturated rings. The van der Waals surface area contributed by atoms with E-state index in [0.29, 0.717) is 29.5 Å². The summed E-state index contributed by atoms with van der Waals surface area (Å²) in [6, 6.07) is 13.7. The Morgan fingerprint density at radius 3 is 2.78 bits per heavy atom. The molecule has 1 aromatic heterocycles. The van der Waals surface area contributed by atoms with Crippen LogP contribution in [0.4, 0.5) is 0 Å². The summed E-state index contributed by atoms with van der Waals surface area (Å²) in [5.41, 5.74) is 4.09. The van der Waals surface area contributed by atoms with Crippen LogP contribution in [0.2, 0.25) is 5.02 Å². The minimum absolute atomic E-state index is 0.0516. The van der Waals surface area contributed by atoms with Crippen molar-refractivity contribution in [3.8, 4) is 0 Å². The maximum absolute atomic E-state index is 12.9. The highest BCUT2D eigenvalue weighted by Crippen LogP contribution is 2.30. The largest absolute Gasteiger partial charge is 0.451 e. The first-order chi connectivity index (χ1) is 11.1. The van der Waals surface area contributed by atoms with Gasteiger partial charge in [0.1, 0.15) is 5.58 Å². The highest BCUT2D eigenvalue weighted by Gasteiger charge is 2.26. The fraction of sp³-hybridized carbons (Fsp3) is 0.211. The van der Waals surface area contributed by atoms with Crippen LogP contribution in [0, 0.1) is 6.92 Å². The zero-order valence-corrected chi connectivity index (χ0v) is 13.6. The average molecular weight is 326 g/mol. The molecule has 0 saturated carbocycles. The molecular weight excluding hydrogens is 310 g/mol. The summed E-state index contributed by atoms with van der Waals surface area (Å²) >= 11 is 6.05. The molecule has 2 aromatic carbocycles. The predicted molar refractivity (Wildman–Crippen MR) is 90.8 cm³/mol. The van der Waals surface area contributed by atoms with Crippen molar-refractivity contribution in [3.05, 3.63) is 69.9 Å². The molecule has 3 nitrogen and oxygen atoms in total. The second-order valence-electron chi connectivity index (χ2n) is 5.94. The Balaban J connectivity index is 1.69. The molecule has 0 bridgehead atoms. The van der Waals surface area contributed by atoms with Crippen molar-refractivity contribution >= 4 is 28.5 Å². The Morgan fingerprint density at radius 1 is 1.17 bits per heavy atom. The normalized spacial score (nSPS) is 14.1. The molecule has 0 aliphatic carbocycles. The van der Waals surface area contributed by atoms with E-state index in [9.17, 15) is 4.79 Å². The molecule has 2 heterocycles. The molecule has 4 rings (SSSR count). The molecule has 4 heteroatoms. The lowest BCUT2D eigenvalue weighted by Gasteiger charge is -2.28. The lowest BCUT2D eigenvalue weighted by molar-refractivity contribution is 0.0704. The number of benzene rings is 2. The molecule has 1 aliphatic rings. The molecule has 0 atom stereocenters. The number of hydrogen-bond acceptors (Lipinski definition) is 2. The summed E-state index contributed by atoms with van der Waals surface area (Å²) < 4.78 is 5.81. The Labute approximate surface area is 139 Å². The molecule has 1 amide bonds. The zero-order valence-electron chi connectivity index (χ0n) is 12.8. The van der Waals surface area contributed by atoms with Gasteiger partial charge in [0, 0.05) is 29.1 Å². The van der Waals surface area contributed by atoms with Gasteiger partial charge in [0.15, 0.2) is 5.76 Å². The molecule has 0 radical (unpaired) electrons. The first-order valence-electron chi connectivity index (χ1n) is 7.68. The van der Waals surface area contributed by atoms with Gasteiger partial charge in [0.25, 0.3) is 5.91 Å². The van der Waals surface area contributed by atoms with Crippen molar-refractivity contribution in [3.63, 3.8) is 0 Å². The quantitative estimate of drug-likeness (QED) is 0.655. The van der Waals surface area contributed by atoms with E-state index in [1.807, 2.05) is 36.1 Å². The zero-order chi connectivity index (χ0) is 16.0. The number of carbonyl (C=O) groups is 1. The molecule has 116 valence electrons. The highest BCUT2D eigenvalue weighted by atomic mass is 35.5. The van der Waals surface area contributed by atoms with Crippen LogP contribution in [0.25, 0.3) is 11.0 Å². The van der Waals surface area contributed by atoms with E-state index in [-0.39, 0.29) is 5.91 Å². The van der Waals surface area contributed by atoms with Gasteiger partial charge in [-0.05, 0) is 42.7 Å². The summed E-state index contributed by atoms with van der Waals surface area (Å²) in [6.07, 6.45) is 0.882. The van der Waals surface area contributed by atoms with Crippen LogP contribution in [0.1, 0.15) is 27.2 Å². The maximum Gasteiger partial charge on any atom is 0.290 e. The fourth-order valence-corrected chi connectivity index (χ4v) is 3.38. The van der Waals surface area contributed by atoms with Crippen LogP contribution in [-0.4, -0.2) is 17.4 Å². The van der Waals surface area contributed by atoms with E-state index in [2.05, 4.69) is 12.1 Å². The average Bonchev–Trinajstić information content (AvgIpc) is 2.90. The summed E-state index contributed by atoms with van der Waals surface area (Å²) in [5.74, 6) is 0.367. The molecule has 0 saturated heterocycles. The second kappa shape index (κ2) is 5.43. The number of aryl methyl sites for hydroxylation is 1. The second-order valence-corrected chi connectivity index (χ2v) is 6.38. The van der Waals surface area contributed by atoms with E-state index in [0.717, 1.165) is 17.4 Å². The van der Waals surface area contributed by atoms with Gasteiger partial charge in [0.2, 0.25) is 0 Å². The number of halogens is 1. The van der Waals surface area contributed by atoms with E-state index < -0.39 is 0 Å². The summed E-state index contributed by atoms with van der Waals surface area (Å²) in [7, 11) is 0. The first kappa shape index (κ1) is 14.3. The molecule has 0 spiro atoms. The van der Waals surface area contributed by atoms with Crippen molar-refractivity contribution in [2.45, 2.75) is 19.9 Å². The summed E-state index contributed by atoms with van der Waals surface area (Å²) in [6.45, 7) is 3.26. The van der Waals surface area contributed by atoms with Crippen LogP contribution < -0.4 is 0 Å². The van der Waals surface area contributed by atoms with Gasteiger partial charge in [-0.3, -0.25) is 4.79 Å². The van der Waals surface area contributed by atoms with Crippen LogP contribution in [0.3, 0.4) is 0 Å². The molecule has 1 aliphatic heterocycles. The number of furan rings is 1. The predicted octanol–water partition coefficient (Wildman–Crippen LogP) is 4.59. The van der Waals surface area contributed by atoms with Gasteiger partial charge in [0.05, 0.1) is 0 Å². The number of hydrogen-bond donors (Lipinski definition) is 0. The van der Waals surface area contributed by atoms with Crippen molar-refractivity contribution in [2.24, 2.45) is 0 Å². The molecule has 3 aromatic rings. The number of nitrogens with zero attached hydrogens (tertiary/aromatic N) is 1. The SMILES string of the molecule is Cc1c(C(=O)N2CCc3ccccc3C2)oc2ccc(Cl)cc12. The topological polar surface area (TPSA) is 33.5 Å². The van der Waals surface area contributed by atoms with E-state index in [1.165, 1.54) is 11.1 Å². The molecule has 23 heavy (non-hydrogen) atoms.